The number of cyclic esters (lactones) is 1. The highest BCUT2D eigenvalue weighted by molar-refractivity contribution is 5.90. The second-order valence-corrected chi connectivity index (χ2v) is 9.49. The third kappa shape index (κ3) is 3.63. The molecule has 8 heteroatoms. The largest absolute Gasteiger partial charge is 0.497 e. The Kier molecular flexibility index (Phi) is 5.58. The molecule has 4 heterocycles. The van der Waals surface area contributed by atoms with Crippen molar-refractivity contribution in [3.63, 3.8) is 0 Å². The van der Waals surface area contributed by atoms with Gasteiger partial charge in [0.25, 0.3) is 5.56 Å². The lowest BCUT2D eigenvalue weighted by Crippen LogP contribution is -2.44. The molecule has 2 aliphatic rings. The van der Waals surface area contributed by atoms with Crippen LogP contribution in [0.5, 0.6) is 5.75 Å². The lowest BCUT2D eigenvalue weighted by molar-refractivity contribution is -0.172. The Morgan fingerprint density at radius 3 is 2.68 bits per heavy atom. The molecule has 1 atom stereocenters. The zero-order chi connectivity index (χ0) is 25.7. The molecule has 2 aliphatic heterocycles. The fourth-order valence-corrected chi connectivity index (χ4v) is 5.40. The predicted molar refractivity (Wildman–Crippen MR) is 138 cm³/mol. The normalized spacial score (nSPS) is 17.8. The van der Waals surface area contributed by atoms with E-state index >= 15 is 0 Å². The number of ether oxygens (including phenoxy) is 2. The average Bonchev–Trinajstić information content (AvgIpc) is 3.29. The number of methoxy groups -OCH3 is 1. The molecule has 2 aromatic carbocycles. The lowest BCUT2D eigenvalue weighted by atomic mass is 9.86. The first-order valence-electron chi connectivity index (χ1n) is 12.4. The minimum atomic E-state index is -1.85. The number of benzene rings is 2. The first-order chi connectivity index (χ1) is 17.9. The van der Waals surface area contributed by atoms with E-state index in [-0.39, 0.29) is 18.6 Å². The Morgan fingerprint density at radius 1 is 1.11 bits per heavy atom. The van der Waals surface area contributed by atoms with Crippen LogP contribution < -0.4 is 15.6 Å². The summed E-state index contributed by atoms with van der Waals surface area (Å²) >= 11 is 0. The average molecular weight is 498 g/mol. The minimum absolute atomic E-state index is 0.105. The Balaban J connectivity index is 1.51. The fourth-order valence-electron chi connectivity index (χ4n) is 5.40. The number of pyridine rings is 2. The van der Waals surface area contributed by atoms with Crippen molar-refractivity contribution in [3.8, 4) is 17.1 Å². The molecule has 2 aromatic heterocycles. The molecular formula is C29H27N3O5. The van der Waals surface area contributed by atoms with Gasteiger partial charge in [-0.25, -0.2) is 9.78 Å². The summed E-state index contributed by atoms with van der Waals surface area (Å²) in [6.07, 6.45) is 0.105. The van der Waals surface area contributed by atoms with E-state index in [2.05, 4.69) is 17.4 Å². The van der Waals surface area contributed by atoms with E-state index in [9.17, 15) is 14.7 Å². The van der Waals surface area contributed by atoms with Crippen LogP contribution in [0.2, 0.25) is 0 Å². The molecule has 0 saturated carbocycles. The van der Waals surface area contributed by atoms with E-state index in [0.717, 1.165) is 27.8 Å². The molecule has 0 unspecified atom stereocenters. The van der Waals surface area contributed by atoms with Crippen molar-refractivity contribution in [1.29, 1.82) is 0 Å². The quantitative estimate of drug-likeness (QED) is 0.347. The highest BCUT2D eigenvalue weighted by Gasteiger charge is 2.45. The molecule has 37 heavy (non-hydrogen) atoms. The molecule has 8 nitrogen and oxygen atoms in total. The summed E-state index contributed by atoms with van der Waals surface area (Å²) in [5, 5.41) is 15.6. The maximum absolute atomic E-state index is 13.6. The van der Waals surface area contributed by atoms with Gasteiger partial charge in [0.1, 0.15) is 12.4 Å². The van der Waals surface area contributed by atoms with Gasteiger partial charge in [0.15, 0.2) is 5.60 Å². The van der Waals surface area contributed by atoms with Gasteiger partial charge in [0.05, 0.1) is 36.1 Å². The second kappa shape index (κ2) is 8.83. The maximum atomic E-state index is 13.6. The standard InChI is InChI=1S/C29H27N3O5/c1-3-29(35)23-12-25-26-21(15-32(25)27(33)22(23)16-37-28(29)34)20(14-30-13-17-7-5-4-6-8-17)19-11-18(36-2)9-10-24(19)31-26/h4-12,30,35H,3,13-16H2,1-2H3/t29-/m0/s1. The van der Waals surface area contributed by atoms with Crippen molar-refractivity contribution in [1.82, 2.24) is 14.9 Å². The number of fused-ring (bicyclic) bond motifs is 5. The number of aliphatic hydroxyl groups is 1. The van der Waals surface area contributed by atoms with Crippen LogP contribution in [0.25, 0.3) is 22.3 Å². The smallest absolute Gasteiger partial charge is 0.343 e. The summed E-state index contributed by atoms with van der Waals surface area (Å²) < 4.78 is 12.4. The number of hydrogen-bond donors (Lipinski definition) is 2. The number of hydrogen-bond acceptors (Lipinski definition) is 7. The summed E-state index contributed by atoms with van der Waals surface area (Å²) in [4.78, 5) is 31.0. The molecule has 2 N–H and O–H groups in total. The number of nitrogens with one attached hydrogen (secondary N) is 1. The van der Waals surface area contributed by atoms with Crippen molar-refractivity contribution >= 4 is 16.9 Å². The van der Waals surface area contributed by atoms with E-state index in [1.165, 1.54) is 5.56 Å². The molecule has 4 aromatic rings. The number of esters is 1. The highest BCUT2D eigenvalue weighted by atomic mass is 16.6. The van der Waals surface area contributed by atoms with Gasteiger partial charge in [-0.3, -0.25) is 4.79 Å². The van der Waals surface area contributed by atoms with Crippen molar-refractivity contribution in [2.75, 3.05) is 7.11 Å². The van der Waals surface area contributed by atoms with Gasteiger partial charge in [-0.05, 0) is 41.8 Å². The first-order valence-corrected chi connectivity index (χ1v) is 12.4. The minimum Gasteiger partial charge on any atom is -0.497 e. The Bertz CT molecular complexity index is 1610. The van der Waals surface area contributed by atoms with Crippen LogP contribution in [0, 0.1) is 0 Å². The molecule has 0 spiro atoms. The Hall–Kier alpha value is -4.01. The van der Waals surface area contributed by atoms with Crippen LogP contribution in [0.3, 0.4) is 0 Å². The monoisotopic (exact) mass is 497 g/mol. The highest BCUT2D eigenvalue weighted by Crippen LogP contribution is 2.40. The molecule has 0 radical (unpaired) electrons. The third-order valence-corrected chi connectivity index (χ3v) is 7.49. The van der Waals surface area contributed by atoms with Crippen LogP contribution in [0.1, 0.15) is 41.2 Å². The molecule has 6 rings (SSSR count). The summed E-state index contributed by atoms with van der Waals surface area (Å²) in [6, 6.07) is 17.7. The zero-order valence-corrected chi connectivity index (χ0v) is 20.7. The van der Waals surface area contributed by atoms with Crippen molar-refractivity contribution < 1.29 is 19.4 Å². The number of carbonyl (C=O) groups is 1. The Labute approximate surface area is 213 Å². The molecule has 188 valence electrons. The summed E-state index contributed by atoms with van der Waals surface area (Å²) in [6.45, 7) is 3.15. The van der Waals surface area contributed by atoms with Gasteiger partial charge in [0.2, 0.25) is 0 Å². The van der Waals surface area contributed by atoms with E-state index in [1.54, 1.807) is 24.7 Å². The van der Waals surface area contributed by atoms with Gasteiger partial charge in [-0.2, -0.15) is 0 Å². The maximum Gasteiger partial charge on any atom is 0.343 e. The summed E-state index contributed by atoms with van der Waals surface area (Å²) in [7, 11) is 1.63. The van der Waals surface area contributed by atoms with Crippen LogP contribution in [0.15, 0.2) is 59.4 Å². The number of rotatable bonds is 6. The van der Waals surface area contributed by atoms with Gasteiger partial charge in [-0.15, -0.1) is 0 Å². The van der Waals surface area contributed by atoms with Crippen molar-refractivity contribution in [2.24, 2.45) is 0 Å². The molecule has 0 saturated heterocycles. The van der Waals surface area contributed by atoms with E-state index in [0.29, 0.717) is 42.1 Å². The first kappa shape index (κ1) is 23.4. The number of aromatic nitrogens is 2. The fraction of sp³-hybridized carbons (Fsp3) is 0.276. The number of nitrogens with zero attached hydrogens (tertiary/aromatic N) is 2. The lowest BCUT2D eigenvalue weighted by Gasteiger charge is -2.31. The van der Waals surface area contributed by atoms with Gasteiger partial charge >= 0.3 is 5.97 Å². The van der Waals surface area contributed by atoms with Gasteiger partial charge in [-0.1, -0.05) is 37.3 Å². The Morgan fingerprint density at radius 2 is 1.92 bits per heavy atom. The van der Waals surface area contributed by atoms with Gasteiger partial charge < -0.3 is 24.5 Å². The van der Waals surface area contributed by atoms with Crippen LogP contribution in [-0.2, 0) is 41.4 Å². The SMILES string of the molecule is CC[C@@]1(O)C(=O)OCc2c1cc1n(c2=O)Cc2c-1nc1ccc(OC)cc1c2CNCc1ccccc1. The molecular weight excluding hydrogens is 470 g/mol. The van der Waals surface area contributed by atoms with Crippen LogP contribution >= 0.6 is 0 Å². The third-order valence-electron chi connectivity index (χ3n) is 7.49. The van der Waals surface area contributed by atoms with E-state index in [1.807, 2.05) is 36.4 Å². The second-order valence-electron chi connectivity index (χ2n) is 9.49. The molecule has 0 aliphatic carbocycles. The molecule has 0 bridgehead atoms. The van der Waals surface area contributed by atoms with Gasteiger partial charge in [0, 0.05) is 29.6 Å². The zero-order valence-electron chi connectivity index (χ0n) is 20.7. The van der Waals surface area contributed by atoms with E-state index in [4.69, 9.17) is 14.5 Å². The van der Waals surface area contributed by atoms with Crippen molar-refractivity contribution in [2.45, 2.75) is 45.2 Å². The van der Waals surface area contributed by atoms with Crippen LogP contribution in [0.4, 0.5) is 0 Å². The van der Waals surface area contributed by atoms with Crippen LogP contribution in [-0.4, -0.2) is 27.7 Å². The molecule has 0 fully saturated rings. The van der Waals surface area contributed by atoms with E-state index < -0.39 is 11.6 Å². The topological polar surface area (TPSA) is 103 Å². The summed E-state index contributed by atoms with van der Waals surface area (Å²) in [5.41, 5.74) is 3.72. The molecule has 0 amide bonds. The number of carbonyl (C=O) groups excluding carboxylic acids is 1. The van der Waals surface area contributed by atoms with Crippen molar-refractivity contribution in [3.05, 3.63) is 92.8 Å². The summed E-state index contributed by atoms with van der Waals surface area (Å²) in [5.74, 6) is -0.000176. The predicted octanol–water partition coefficient (Wildman–Crippen LogP) is 3.38.